The molecule has 0 bridgehead atoms. The maximum absolute atomic E-state index is 13.9. The van der Waals surface area contributed by atoms with Crippen molar-refractivity contribution >= 4 is 5.91 Å². The lowest BCUT2D eigenvalue weighted by molar-refractivity contribution is 0.0647. The standard InChI is InChI=1S/C15H17FN2O/c1-3-7-17-8-10-18(11-9-17)15(19)13-6-4-5-12(2)14(13)16/h1,4-6H,7-11H2,2H3. The SMILES string of the molecule is C#CCN1CCN(C(=O)c2cccc(C)c2F)CC1. The van der Waals surface area contributed by atoms with E-state index in [4.69, 9.17) is 6.42 Å². The van der Waals surface area contributed by atoms with E-state index in [-0.39, 0.29) is 11.5 Å². The molecule has 0 aliphatic carbocycles. The van der Waals surface area contributed by atoms with E-state index in [0.29, 0.717) is 25.2 Å². The average molecular weight is 260 g/mol. The molecule has 1 aromatic rings. The monoisotopic (exact) mass is 260 g/mol. The summed E-state index contributed by atoms with van der Waals surface area (Å²) in [6.45, 7) is 4.92. The smallest absolute Gasteiger partial charge is 0.256 e. The molecular formula is C15H17FN2O. The van der Waals surface area contributed by atoms with E-state index in [1.54, 1.807) is 30.0 Å². The maximum atomic E-state index is 13.9. The molecule has 3 nitrogen and oxygen atoms in total. The summed E-state index contributed by atoms with van der Waals surface area (Å²) in [5.41, 5.74) is 0.655. The third-order valence-corrected chi connectivity index (χ3v) is 3.40. The number of piperazine rings is 1. The van der Waals surface area contributed by atoms with Crippen LogP contribution in [0.15, 0.2) is 18.2 Å². The molecule has 1 aromatic carbocycles. The van der Waals surface area contributed by atoms with Crippen LogP contribution in [0.3, 0.4) is 0 Å². The highest BCUT2D eigenvalue weighted by Gasteiger charge is 2.23. The van der Waals surface area contributed by atoms with Gasteiger partial charge in [0.15, 0.2) is 0 Å². The molecule has 19 heavy (non-hydrogen) atoms. The van der Waals surface area contributed by atoms with Crippen molar-refractivity contribution in [2.75, 3.05) is 32.7 Å². The van der Waals surface area contributed by atoms with Crippen molar-refractivity contribution in [2.45, 2.75) is 6.92 Å². The number of terminal acetylenes is 1. The fraction of sp³-hybridized carbons (Fsp3) is 0.400. The van der Waals surface area contributed by atoms with Gasteiger partial charge in [0.25, 0.3) is 5.91 Å². The molecule has 1 fully saturated rings. The normalized spacial score (nSPS) is 16.2. The molecule has 0 saturated carbocycles. The Morgan fingerprint density at radius 3 is 2.68 bits per heavy atom. The van der Waals surface area contributed by atoms with Crippen LogP contribution in [0, 0.1) is 25.1 Å². The Morgan fingerprint density at radius 1 is 1.37 bits per heavy atom. The van der Waals surface area contributed by atoms with E-state index >= 15 is 0 Å². The molecule has 0 unspecified atom stereocenters. The van der Waals surface area contributed by atoms with E-state index in [1.165, 1.54) is 0 Å². The van der Waals surface area contributed by atoms with Gasteiger partial charge in [0.05, 0.1) is 12.1 Å². The minimum absolute atomic E-state index is 0.158. The van der Waals surface area contributed by atoms with Crippen LogP contribution >= 0.6 is 0 Å². The molecule has 0 radical (unpaired) electrons. The topological polar surface area (TPSA) is 23.6 Å². The van der Waals surface area contributed by atoms with Crippen LogP contribution in [0.1, 0.15) is 15.9 Å². The van der Waals surface area contributed by atoms with Crippen molar-refractivity contribution in [1.29, 1.82) is 0 Å². The first-order chi connectivity index (χ1) is 9.13. The fourth-order valence-corrected chi connectivity index (χ4v) is 2.22. The molecule has 1 aliphatic rings. The lowest BCUT2D eigenvalue weighted by Crippen LogP contribution is -2.48. The van der Waals surface area contributed by atoms with E-state index in [2.05, 4.69) is 10.8 Å². The Kier molecular flexibility index (Phi) is 4.18. The quantitative estimate of drug-likeness (QED) is 0.753. The predicted octanol–water partition coefficient (Wildman–Crippen LogP) is 1.53. The molecule has 4 heteroatoms. The summed E-state index contributed by atoms with van der Waals surface area (Å²) >= 11 is 0. The first kappa shape index (κ1) is 13.6. The third kappa shape index (κ3) is 2.94. The molecule has 0 aromatic heterocycles. The van der Waals surface area contributed by atoms with Crippen LogP contribution in [0.5, 0.6) is 0 Å². The van der Waals surface area contributed by atoms with Gasteiger partial charge in [0.1, 0.15) is 5.82 Å². The lowest BCUT2D eigenvalue weighted by Gasteiger charge is -2.33. The Morgan fingerprint density at radius 2 is 2.05 bits per heavy atom. The molecule has 0 spiro atoms. The van der Waals surface area contributed by atoms with E-state index in [0.717, 1.165) is 13.1 Å². The summed E-state index contributed by atoms with van der Waals surface area (Å²) in [5.74, 6) is 1.94. The predicted molar refractivity (Wildman–Crippen MR) is 72.3 cm³/mol. The van der Waals surface area contributed by atoms with Crippen molar-refractivity contribution in [2.24, 2.45) is 0 Å². The zero-order valence-electron chi connectivity index (χ0n) is 11.0. The van der Waals surface area contributed by atoms with Gasteiger partial charge in [-0.25, -0.2) is 4.39 Å². The van der Waals surface area contributed by atoms with Gasteiger partial charge >= 0.3 is 0 Å². The Balaban J connectivity index is 2.06. The van der Waals surface area contributed by atoms with Crippen molar-refractivity contribution in [1.82, 2.24) is 9.80 Å². The summed E-state index contributed by atoms with van der Waals surface area (Å²) < 4.78 is 13.9. The number of hydrogen-bond donors (Lipinski definition) is 0. The summed E-state index contributed by atoms with van der Waals surface area (Å²) in [7, 11) is 0. The molecule has 100 valence electrons. The summed E-state index contributed by atoms with van der Waals surface area (Å²) in [6.07, 6.45) is 5.26. The van der Waals surface area contributed by atoms with Crippen molar-refractivity contribution in [3.8, 4) is 12.3 Å². The second kappa shape index (κ2) is 5.85. The minimum atomic E-state index is -0.418. The summed E-state index contributed by atoms with van der Waals surface area (Å²) in [5, 5.41) is 0. The van der Waals surface area contributed by atoms with Gasteiger partial charge in [-0.1, -0.05) is 18.1 Å². The Bertz CT molecular complexity index is 513. The molecule has 1 heterocycles. The van der Waals surface area contributed by atoms with Crippen molar-refractivity contribution in [3.63, 3.8) is 0 Å². The number of halogens is 1. The van der Waals surface area contributed by atoms with Crippen LogP contribution in [0.25, 0.3) is 0 Å². The molecule has 2 rings (SSSR count). The van der Waals surface area contributed by atoms with Gasteiger partial charge < -0.3 is 4.90 Å². The number of nitrogens with zero attached hydrogens (tertiary/aromatic N) is 2. The van der Waals surface area contributed by atoms with Crippen LogP contribution in [-0.4, -0.2) is 48.4 Å². The maximum Gasteiger partial charge on any atom is 0.256 e. The first-order valence-electron chi connectivity index (χ1n) is 6.33. The van der Waals surface area contributed by atoms with Gasteiger partial charge in [-0.3, -0.25) is 9.69 Å². The molecule has 0 N–H and O–H groups in total. The highest BCUT2D eigenvalue weighted by atomic mass is 19.1. The van der Waals surface area contributed by atoms with Crippen molar-refractivity contribution < 1.29 is 9.18 Å². The zero-order valence-corrected chi connectivity index (χ0v) is 11.0. The molecule has 1 aliphatic heterocycles. The second-order valence-electron chi connectivity index (χ2n) is 4.71. The van der Waals surface area contributed by atoms with Crippen LogP contribution in [0.4, 0.5) is 4.39 Å². The van der Waals surface area contributed by atoms with Gasteiger partial charge in [-0.15, -0.1) is 6.42 Å². The number of carbonyl (C=O) groups excluding carboxylic acids is 1. The number of aryl methyl sites for hydroxylation is 1. The van der Waals surface area contributed by atoms with E-state index in [1.807, 2.05) is 0 Å². The van der Waals surface area contributed by atoms with Crippen LogP contribution in [-0.2, 0) is 0 Å². The fourth-order valence-electron chi connectivity index (χ4n) is 2.22. The number of carbonyl (C=O) groups is 1. The zero-order chi connectivity index (χ0) is 13.8. The first-order valence-corrected chi connectivity index (χ1v) is 6.33. The highest BCUT2D eigenvalue weighted by molar-refractivity contribution is 5.94. The van der Waals surface area contributed by atoms with Gasteiger partial charge in [0, 0.05) is 26.2 Å². The van der Waals surface area contributed by atoms with Gasteiger partial charge in [-0.05, 0) is 18.6 Å². The Hall–Kier alpha value is -1.86. The lowest BCUT2D eigenvalue weighted by atomic mass is 10.1. The van der Waals surface area contributed by atoms with Crippen LogP contribution < -0.4 is 0 Å². The molecule has 1 saturated heterocycles. The van der Waals surface area contributed by atoms with Crippen molar-refractivity contribution in [3.05, 3.63) is 35.1 Å². The molecular weight excluding hydrogens is 243 g/mol. The number of benzene rings is 1. The highest BCUT2D eigenvalue weighted by Crippen LogP contribution is 2.15. The largest absolute Gasteiger partial charge is 0.336 e. The molecule has 0 atom stereocenters. The number of hydrogen-bond acceptors (Lipinski definition) is 2. The summed E-state index contributed by atoms with van der Waals surface area (Å²) in [6, 6.07) is 4.91. The average Bonchev–Trinajstić information content (AvgIpc) is 2.42. The van der Waals surface area contributed by atoms with Crippen LogP contribution in [0.2, 0.25) is 0 Å². The molecule has 1 amide bonds. The van der Waals surface area contributed by atoms with Gasteiger partial charge in [-0.2, -0.15) is 0 Å². The Labute approximate surface area is 113 Å². The third-order valence-electron chi connectivity index (χ3n) is 3.40. The number of amides is 1. The second-order valence-corrected chi connectivity index (χ2v) is 4.71. The van der Waals surface area contributed by atoms with E-state index < -0.39 is 5.82 Å². The number of rotatable bonds is 2. The minimum Gasteiger partial charge on any atom is -0.336 e. The van der Waals surface area contributed by atoms with E-state index in [9.17, 15) is 9.18 Å². The van der Waals surface area contributed by atoms with Gasteiger partial charge in [0.2, 0.25) is 0 Å². The summed E-state index contributed by atoms with van der Waals surface area (Å²) in [4.78, 5) is 16.1.